The molecule has 34 heavy (non-hydrogen) atoms. The number of nitrogens with one attached hydrogen (secondary N) is 3. The number of aromatic amines is 1. The number of nitrogens with two attached hydrogens (primary N) is 1. The first-order chi connectivity index (χ1) is 16.3. The van der Waals surface area contributed by atoms with Crippen LogP contribution in [0.15, 0.2) is 71.6 Å². The molecule has 0 saturated carbocycles. The molecule has 176 valence electrons. The number of carbonyl (C=O) groups excluding carboxylic acids is 1. The topological polar surface area (TPSA) is 139 Å². The number of aryl methyl sites for hydroxylation is 1. The molecule has 1 unspecified atom stereocenters. The van der Waals surface area contributed by atoms with Gasteiger partial charge in [0.05, 0.1) is 22.5 Å². The maximum absolute atomic E-state index is 13.3. The molecule has 1 aromatic heterocycles. The highest BCUT2D eigenvalue weighted by atomic mass is 32.2. The van der Waals surface area contributed by atoms with Crippen molar-refractivity contribution in [3.8, 4) is 5.75 Å². The minimum Gasteiger partial charge on any atom is -0.494 e. The first-order valence-electron chi connectivity index (χ1n) is 10.6. The van der Waals surface area contributed by atoms with Gasteiger partial charge in [0.25, 0.3) is 15.9 Å². The Balaban J connectivity index is 1.71. The number of ether oxygens (including phenoxy) is 1. The fraction of sp³-hybridized carbons (Fsp3) is 0.167. The van der Waals surface area contributed by atoms with Crippen LogP contribution in [0, 0.1) is 6.92 Å². The van der Waals surface area contributed by atoms with Crippen LogP contribution in [0.25, 0.3) is 11.0 Å². The van der Waals surface area contributed by atoms with Gasteiger partial charge in [-0.25, -0.2) is 18.1 Å². The minimum absolute atomic E-state index is 0.00429. The molecule has 0 saturated heterocycles. The third-order valence-electron chi connectivity index (χ3n) is 5.21. The number of hydrogen-bond donors (Lipinski definition) is 4. The highest BCUT2D eigenvalue weighted by molar-refractivity contribution is 7.90. The molecular formula is C24H25N5O4S. The lowest BCUT2D eigenvalue weighted by Crippen LogP contribution is -2.37. The van der Waals surface area contributed by atoms with Gasteiger partial charge < -0.3 is 20.8 Å². The normalized spacial score (nSPS) is 12.3. The SMILES string of the molecule is CCOc1cc(C(Nc2ccc3nc(N)[nH]c3c2)C(=O)NS(=O)(=O)c2ccccc2)ccc1C. The number of H-pyrrole nitrogens is 1. The Hall–Kier alpha value is -4.05. The summed E-state index contributed by atoms with van der Waals surface area (Å²) in [6.07, 6.45) is 0. The molecule has 0 aliphatic rings. The van der Waals surface area contributed by atoms with Crippen molar-refractivity contribution >= 4 is 38.6 Å². The van der Waals surface area contributed by atoms with E-state index in [4.69, 9.17) is 10.5 Å². The van der Waals surface area contributed by atoms with Crippen LogP contribution in [-0.4, -0.2) is 30.9 Å². The third-order valence-corrected chi connectivity index (χ3v) is 6.57. The molecule has 0 aliphatic heterocycles. The molecule has 1 atom stereocenters. The second-order valence-corrected chi connectivity index (χ2v) is 9.35. The Labute approximate surface area is 197 Å². The Bertz CT molecular complexity index is 1430. The smallest absolute Gasteiger partial charge is 0.264 e. The molecule has 1 amide bonds. The number of fused-ring (bicyclic) bond motifs is 1. The molecule has 1 heterocycles. The van der Waals surface area contributed by atoms with Gasteiger partial charge in [-0.1, -0.05) is 30.3 Å². The third kappa shape index (κ3) is 4.96. The van der Waals surface area contributed by atoms with E-state index in [1.54, 1.807) is 48.5 Å². The van der Waals surface area contributed by atoms with Crippen LogP contribution in [0.5, 0.6) is 5.75 Å². The molecule has 0 aliphatic carbocycles. The van der Waals surface area contributed by atoms with Crippen LogP contribution in [-0.2, 0) is 14.8 Å². The van der Waals surface area contributed by atoms with Crippen LogP contribution in [0.2, 0.25) is 0 Å². The second-order valence-electron chi connectivity index (χ2n) is 7.67. The second kappa shape index (κ2) is 9.44. The number of sulfonamides is 1. The number of imidazole rings is 1. The van der Waals surface area contributed by atoms with Crippen LogP contribution in [0.4, 0.5) is 11.6 Å². The van der Waals surface area contributed by atoms with Gasteiger partial charge >= 0.3 is 0 Å². The predicted octanol–water partition coefficient (Wildman–Crippen LogP) is 3.51. The number of aromatic nitrogens is 2. The fourth-order valence-corrected chi connectivity index (χ4v) is 4.56. The summed E-state index contributed by atoms with van der Waals surface area (Å²) in [5.41, 5.74) is 9.10. The van der Waals surface area contributed by atoms with Crippen LogP contribution >= 0.6 is 0 Å². The molecule has 0 bridgehead atoms. The molecule has 10 heteroatoms. The van der Waals surface area contributed by atoms with E-state index in [1.807, 2.05) is 19.9 Å². The van der Waals surface area contributed by atoms with Crippen molar-refractivity contribution in [2.75, 3.05) is 17.7 Å². The Kier molecular flexibility index (Phi) is 6.42. The zero-order valence-electron chi connectivity index (χ0n) is 18.7. The summed E-state index contributed by atoms with van der Waals surface area (Å²) in [4.78, 5) is 20.4. The van der Waals surface area contributed by atoms with E-state index >= 15 is 0 Å². The monoisotopic (exact) mass is 479 g/mol. The van der Waals surface area contributed by atoms with Gasteiger partial charge in [0.15, 0.2) is 5.95 Å². The first kappa shape index (κ1) is 23.1. The van der Waals surface area contributed by atoms with Gasteiger partial charge in [-0.05, 0) is 61.4 Å². The fourth-order valence-electron chi connectivity index (χ4n) is 3.54. The van der Waals surface area contributed by atoms with E-state index in [9.17, 15) is 13.2 Å². The summed E-state index contributed by atoms with van der Waals surface area (Å²) >= 11 is 0. The summed E-state index contributed by atoms with van der Waals surface area (Å²) in [5, 5.41) is 3.14. The molecule has 4 rings (SSSR count). The van der Waals surface area contributed by atoms with Crippen LogP contribution in [0.1, 0.15) is 24.1 Å². The van der Waals surface area contributed by atoms with Gasteiger partial charge in [-0.15, -0.1) is 0 Å². The van der Waals surface area contributed by atoms with Gasteiger partial charge in [-0.3, -0.25) is 4.79 Å². The molecule has 4 aromatic rings. The largest absolute Gasteiger partial charge is 0.494 e. The Morgan fingerprint density at radius 1 is 1.12 bits per heavy atom. The summed E-state index contributed by atoms with van der Waals surface area (Å²) in [7, 11) is -4.07. The molecule has 5 N–H and O–H groups in total. The van der Waals surface area contributed by atoms with Crippen molar-refractivity contribution in [3.05, 3.63) is 77.9 Å². The van der Waals surface area contributed by atoms with E-state index in [2.05, 4.69) is 20.0 Å². The van der Waals surface area contributed by atoms with Crippen molar-refractivity contribution in [3.63, 3.8) is 0 Å². The van der Waals surface area contributed by atoms with Gasteiger partial charge in [0, 0.05) is 5.69 Å². The number of hydrogen-bond acceptors (Lipinski definition) is 7. The van der Waals surface area contributed by atoms with Crippen molar-refractivity contribution in [2.45, 2.75) is 24.8 Å². The number of anilines is 2. The van der Waals surface area contributed by atoms with Crippen LogP contribution < -0.4 is 20.5 Å². The van der Waals surface area contributed by atoms with E-state index < -0.39 is 22.0 Å². The van der Waals surface area contributed by atoms with Gasteiger partial charge in [0.2, 0.25) is 0 Å². The lowest BCUT2D eigenvalue weighted by atomic mass is 10.0. The maximum atomic E-state index is 13.3. The van der Waals surface area contributed by atoms with E-state index in [-0.39, 0.29) is 10.8 Å². The van der Waals surface area contributed by atoms with E-state index in [0.717, 1.165) is 5.56 Å². The summed E-state index contributed by atoms with van der Waals surface area (Å²) in [6, 6.07) is 17.3. The average Bonchev–Trinajstić information content (AvgIpc) is 3.18. The van der Waals surface area contributed by atoms with Crippen molar-refractivity contribution < 1.29 is 17.9 Å². The Morgan fingerprint density at radius 2 is 1.88 bits per heavy atom. The zero-order valence-corrected chi connectivity index (χ0v) is 19.5. The zero-order chi connectivity index (χ0) is 24.3. The highest BCUT2D eigenvalue weighted by Gasteiger charge is 2.27. The predicted molar refractivity (Wildman–Crippen MR) is 131 cm³/mol. The van der Waals surface area contributed by atoms with E-state index in [1.165, 1.54) is 12.1 Å². The summed E-state index contributed by atoms with van der Waals surface area (Å²) < 4.78 is 33.5. The van der Waals surface area contributed by atoms with Gasteiger partial charge in [0.1, 0.15) is 11.8 Å². The molecule has 3 aromatic carbocycles. The molecule has 9 nitrogen and oxygen atoms in total. The number of nitrogen functional groups attached to an aromatic ring is 1. The first-order valence-corrected chi connectivity index (χ1v) is 12.1. The standard InChI is InChI=1S/C24H25N5O4S/c1-3-33-21-13-16(10-9-15(21)2)22(23(30)29-34(31,32)18-7-5-4-6-8-18)26-17-11-12-19-20(14-17)28-24(25)27-19/h4-14,22,26H,3H2,1-2H3,(H,29,30)(H3,25,27,28). The minimum atomic E-state index is -4.07. The number of carbonyl (C=O) groups is 1. The quantitative estimate of drug-likeness (QED) is 0.303. The van der Waals surface area contributed by atoms with Crippen LogP contribution in [0.3, 0.4) is 0 Å². The van der Waals surface area contributed by atoms with Crippen molar-refractivity contribution in [2.24, 2.45) is 0 Å². The summed E-state index contributed by atoms with van der Waals surface area (Å²) in [5.74, 6) is 0.150. The number of rotatable bonds is 8. The molecule has 0 radical (unpaired) electrons. The lowest BCUT2D eigenvalue weighted by Gasteiger charge is -2.21. The van der Waals surface area contributed by atoms with E-state index in [0.29, 0.717) is 34.6 Å². The number of amides is 1. The molecule has 0 fully saturated rings. The molecular weight excluding hydrogens is 454 g/mol. The Morgan fingerprint density at radius 3 is 2.62 bits per heavy atom. The average molecular weight is 480 g/mol. The van der Waals surface area contributed by atoms with Gasteiger partial charge in [-0.2, -0.15) is 0 Å². The number of benzene rings is 3. The van der Waals surface area contributed by atoms with Crippen molar-refractivity contribution in [1.29, 1.82) is 0 Å². The van der Waals surface area contributed by atoms with Crippen molar-refractivity contribution in [1.82, 2.24) is 14.7 Å². The molecule has 0 spiro atoms. The number of nitrogens with zero attached hydrogens (tertiary/aromatic N) is 1. The lowest BCUT2D eigenvalue weighted by molar-refractivity contribution is -0.120. The summed E-state index contributed by atoms with van der Waals surface area (Å²) in [6.45, 7) is 4.22. The maximum Gasteiger partial charge on any atom is 0.264 e. The highest BCUT2D eigenvalue weighted by Crippen LogP contribution is 2.28.